The molecule has 4 fully saturated rings. The molecule has 4 rings (SSSR count). The molecule has 5 unspecified atom stereocenters. The molecule has 9 heteroatoms. The van der Waals surface area contributed by atoms with Crippen LogP contribution in [0.15, 0.2) is 0 Å². The van der Waals surface area contributed by atoms with Crippen molar-refractivity contribution in [2.75, 3.05) is 0 Å². The lowest BCUT2D eigenvalue weighted by molar-refractivity contribution is -0.178. The summed E-state index contributed by atoms with van der Waals surface area (Å²) in [5, 5.41) is -4.69. The quantitative estimate of drug-likeness (QED) is 0.562. The fourth-order valence-electron chi connectivity index (χ4n) is 4.21. The summed E-state index contributed by atoms with van der Waals surface area (Å²) < 4.78 is 62.4. The van der Waals surface area contributed by atoms with E-state index in [0.29, 0.717) is 18.8 Å². The maximum absolute atomic E-state index is 13.1. The molecule has 22 heavy (non-hydrogen) atoms. The van der Waals surface area contributed by atoms with Gasteiger partial charge >= 0.3 is 11.2 Å². The van der Waals surface area contributed by atoms with Crippen LogP contribution in [0.25, 0.3) is 0 Å². The molecule has 0 heterocycles. The van der Waals surface area contributed by atoms with Crippen molar-refractivity contribution in [3.05, 3.63) is 0 Å². The van der Waals surface area contributed by atoms with Crippen LogP contribution < -0.4 is 0 Å². The molecule has 0 spiro atoms. The maximum atomic E-state index is 13.1. The highest BCUT2D eigenvalue weighted by atomic mass is 32.2. The lowest BCUT2D eigenvalue weighted by Gasteiger charge is -2.52. The van der Waals surface area contributed by atoms with Crippen LogP contribution in [0, 0.1) is 23.7 Å². The summed E-state index contributed by atoms with van der Waals surface area (Å²) in [6.07, 6.45) is 0.224. The van der Waals surface area contributed by atoms with Gasteiger partial charge in [0, 0.05) is 5.92 Å². The fourth-order valence-corrected chi connectivity index (χ4v) is 4.50. The number of ether oxygens (including phenoxy) is 1. The molecule has 0 saturated heterocycles. The summed E-state index contributed by atoms with van der Waals surface area (Å²) in [4.78, 5) is 23.7. The van der Waals surface area contributed by atoms with E-state index in [-0.39, 0.29) is 17.6 Å². The Morgan fingerprint density at radius 2 is 1.95 bits per heavy atom. The van der Waals surface area contributed by atoms with Crippen LogP contribution in [0.4, 0.5) is 8.78 Å². The van der Waals surface area contributed by atoms with E-state index in [9.17, 15) is 31.3 Å². The van der Waals surface area contributed by atoms with Crippen LogP contribution >= 0.6 is 0 Å². The van der Waals surface area contributed by atoms with Gasteiger partial charge in [0.2, 0.25) is 0 Å². The molecule has 0 aromatic carbocycles. The molecular weight excluding hydrogens is 322 g/mol. The maximum Gasteiger partial charge on any atom is 0.344 e. The number of carbonyl (C=O) groups is 2. The molecular formula is C13H15F2O6S-. The molecule has 5 atom stereocenters. The minimum atomic E-state index is -5.92. The summed E-state index contributed by atoms with van der Waals surface area (Å²) in [6, 6.07) is 0. The van der Waals surface area contributed by atoms with Gasteiger partial charge in [-0.25, -0.2) is 8.42 Å². The van der Waals surface area contributed by atoms with Gasteiger partial charge < -0.3 is 9.29 Å². The Kier molecular flexibility index (Phi) is 3.56. The van der Waals surface area contributed by atoms with Crippen LogP contribution in [-0.2, 0) is 24.4 Å². The molecule has 4 aliphatic rings. The van der Waals surface area contributed by atoms with Gasteiger partial charge in [0.25, 0.3) is 0 Å². The summed E-state index contributed by atoms with van der Waals surface area (Å²) in [5.74, 6) is -1.58. The Labute approximate surface area is 125 Å². The van der Waals surface area contributed by atoms with Gasteiger partial charge in [-0.3, -0.25) is 9.59 Å². The highest BCUT2D eigenvalue weighted by Gasteiger charge is 2.55. The van der Waals surface area contributed by atoms with Crippen LogP contribution in [0.3, 0.4) is 0 Å². The SMILES string of the molecule is O=C(CC(F)(F)S(=O)(=O)[O-])OC1C2CC3CC(C2)C(=O)C1C3. The molecule has 0 amide bonds. The zero-order valence-corrected chi connectivity index (χ0v) is 12.4. The van der Waals surface area contributed by atoms with Crippen molar-refractivity contribution >= 4 is 21.9 Å². The summed E-state index contributed by atoms with van der Waals surface area (Å²) in [6.45, 7) is 0. The van der Waals surface area contributed by atoms with E-state index < -0.39 is 39.8 Å². The van der Waals surface area contributed by atoms with E-state index in [2.05, 4.69) is 0 Å². The van der Waals surface area contributed by atoms with E-state index in [1.807, 2.05) is 0 Å². The highest BCUT2D eigenvalue weighted by molar-refractivity contribution is 7.86. The van der Waals surface area contributed by atoms with Crippen molar-refractivity contribution in [1.29, 1.82) is 0 Å². The standard InChI is InChI=1S/C13H16F2O6S/c14-13(15,22(18,19)20)5-10(16)21-12-8-2-6-1-7(4-8)11(17)9(12)3-6/h6-9,12H,1-5H2,(H,18,19,20)/p-1. The van der Waals surface area contributed by atoms with Gasteiger partial charge in [-0.2, -0.15) is 8.78 Å². The number of ketones is 1. The molecule has 0 aromatic heterocycles. The molecule has 4 saturated carbocycles. The van der Waals surface area contributed by atoms with Crippen molar-refractivity contribution < 1.29 is 36.1 Å². The van der Waals surface area contributed by atoms with Gasteiger partial charge in [0.1, 0.15) is 18.3 Å². The summed E-state index contributed by atoms with van der Waals surface area (Å²) in [5.41, 5.74) is 0. The van der Waals surface area contributed by atoms with Crippen LogP contribution in [-0.4, -0.2) is 36.1 Å². The number of halogens is 2. The number of Topliss-reactive ketones (excluding diaryl/α,β-unsaturated/α-hetero) is 1. The van der Waals surface area contributed by atoms with Gasteiger partial charge in [0.15, 0.2) is 10.1 Å². The summed E-state index contributed by atoms with van der Waals surface area (Å²) in [7, 11) is -5.92. The molecule has 0 N–H and O–H groups in total. The third kappa shape index (κ3) is 2.54. The second-order valence-corrected chi connectivity index (χ2v) is 8.00. The normalized spacial score (nSPS) is 37.4. The Morgan fingerprint density at radius 3 is 2.59 bits per heavy atom. The number of hydrogen-bond donors (Lipinski definition) is 0. The van der Waals surface area contributed by atoms with Gasteiger partial charge in [0.05, 0.1) is 5.92 Å². The average molecular weight is 337 g/mol. The van der Waals surface area contributed by atoms with Crippen molar-refractivity contribution in [2.24, 2.45) is 23.7 Å². The van der Waals surface area contributed by atoms with Gasteiger partial charge in [-0.15, -0.1) is 0 Å². The lowest BCUT2D eigenvalue weighted by atomic mass is 9.54. The monoisotopic (exact) mass is 337 g/mol. The lowest BCUT2D eigenvalue weighted by Crippen LogP contribution is -2.55. The van der Waals surface area contributed by atoms with Gasteiger partial charge in [-0.1, -0.05) is 0 Å². The second kappa shape index (κ2) is 4.95. The van der Waals surface area contributed by atoms with Gasteiger partial charge in [-0.05, 0) is 37.5 Å². The summed E-state index contributed by atoms with van der Waals surface area (Å²) >= 11 is 0. The minimum absolute atomic E-state index is 0.00760. The van der Waals surface area contributed by atoms with E-state index in [1.165, 1.54) is 0 Å². The molecule has 0 aliphatic heterocycles. The van der Waals surface area contributed by atoms with E-state index in [0.717, 1.165) is 12.8 Å². The Morgan fingerprint density at radius 1 is 1.27 bits per heavy atom. The Balaban J connectivity index is 1.69. The predicted octanol–water partition coefficient (Wildman–Crippen LogP) is 1.06. The van der Waals surface area contributed by atoms with Crippen molar-refractivity contribution in [1.82, 2.24) is 0 Å². The third-order valence-corrected chi connectivity index (χ3v) is 5.92. The first kappa shape index (κ1) is 15.8. The number of rotatable bonds is 4. The largest absolute Gasteiger partial charge is 0.743 e. The van der Waals surface area contributed by atoms with Crippen molar-refractivity contribution in [3.8, 4) is 0 Å². The average Bonchev–Trinajstić information content (AvgIpc) is 2.37. The molecule has 0 aromatic rings. The Bertz CT molecular complexity index is 616. The molecule has 0 radical (unpaired) electrons. The van der Waals surface area contributed by atoms with E-state index in [4.69, 9.17) is 4.74 Å². The van der Waals surface area contributed by atoms with Crippen molar-refractivity contribution in [3.63, 3.8) is 0 Å². The highest BCUT2D eigenvalue weighted by Crippen LogP contribution is 2.53. The topological polar surface area (TPSA) is 101 Å². The number of esters is 1. The van der Waals surface area contributed by atoms with E-state index in [1.54, 1.807) is 0 Å². The molecule has 124 valence electrons. The van der Waals surface area contributed by atoms with Crippen LogP contribution in [0.1, 0.15) is 32.1 Å². The number of alkyl halides is 2. The number of hydrogen-bond acceptors (Lipinski definition) is 6. The molecule has 6 nitrogen and oxygen atoms in total. The van der Waals surface area contributed by atoms with Crippen molar-refractivity contribution in [2.45, 2.75) is 43.5 Å². The first-order chi connectivity index (χ1) is 10.1. The smallest absolute Gasteiger partial charge is 0.344 e. The fraction of sp³-hybridized carbons (Fsp3) is 0.846. The third-order valence-electron chi connectivity index (χ3n) is 5.04. The Hall–Kier alpha value is -1.09. The molecule has 4 bridgehead atoms. The van der Waals surface area contributed by atoms with E-state index >= 15 is 0 Å². The first-order valence-electron chi connectivity index (χ1n) is 7.15. The predicted molar refractivity (Wildman–Crippen MR) is 66.6 cm³/mol. The molecule has 4 aliphatic carbocycles. The van der Waals surface area contributed by atoms with Crippen LogP contribution in [0.2, 0.25) is 0 Å². The zero-order chi connectivity index (χ0) is 16.3. The zero-order valence-electron chi connectivity index (χ0n) is 11.5. The number of carbonyl (C=O) groups excluding carboxylic acids is 2. The van der Waals surface area contributed by atoms with Crippen LogP contribution in [0.5, 0.6) is 0 Å². The minimum Gasteiger partial charge on any atom is -0.743 e. The first-order valence-corrected chi connectivity index (χ1v) is 8.56. The second-order valence-electron chi connectivity index (χ2n) is 6.50.